The molecule has 1 unspecified atom stereocenters. The van der Waals surface area contributed by atoms with Crippen LogP contribution in [0.3, 0.4) is 0 Å². The summed E-state index contributed by atoms with van der Waals surface area (Å²) in [4.78, 5) is 34.8. The van der Waals surface area contributed by atoms with Crippen LogP contribution in [0.1, 0.15) is 26.7 Å². The lowest BCUT2D eigenvalue weighted by Crippen LogP contribution is -2.49. The fourth-order valence-corrected chi connectivity index (χ4v) is 1.33. The Kier molecular flexibility index (Phi) is 6.96. The number of carbonyl (C=O) groups is 3. The van der Waals surface area contributed by atoms with Gasteiger partial charge < -0.3 is 20.5 Å². The number of nitrogens with zero attached hydrogens (tertiary/aromatic N) is 1. The molecule has 0 fully saturated rings. The smallest absolute Gasteiger partial charge is 0.325 e. The number of hydrogen-bond donors (Lipinski definition) is 2. The highest BCUT2D eigenvalue weighted by molar-refractivity contribution is 5.86. The predicted octanol–water partition coefficient (Wildman–Crippen LogP) is -0.411. The fraction of sp³-hybridized carbons (Fsp3) is 0.727. The van der Waals surface area contributed by atoms with Crippen molar-refractivity contribution in [3.8, 4) is 0 Å². The van der Waals surface area contributed by atoms with E-state index in [0.29, 0.717) is 0 Å². The van der Waals surface area contributed by atoms with Crippen LogP contribution < -0.4 is 5.73 Å². The quantitative estimate of drug-likeness (QED) is 0.602. The molecule has 0 spiro atoms. The van der Waals surface area contributed by atoms with Crippen molar-refractivity contribution in [3.05, 3.63) is 0 Å². The highest BCUT2D eigenvalue weighted by atomic mass is 16.5. The van der Waals surface area contributed by atoms with Crippen molar-refractivity contribution < 1.29 is 24.2 Å². The number of carboxylic acid groups (broad SMARTS) is 1. The molecular weight excluding hydrogens is 240 g/mol. The Labute approximate surface area is 106 Å². The van der Waals surface area contributed by atoms with Crippen LogP contribution in [0.15, 0.2) is 0 Å². The Morgan fingerprint density at radius 3 is 2.28 bits per heavy atom. The van der Waals surface area contributed by atoms with Gasteiger partial charge in [-0.1, -0.05) is 0 Å². The minimum atomic E-state index is -1.01. The van der Waals surface area contributed by atoms with Crippen molar-refractivity contribution in [3.63, 3.8) is 0 Å². The van der Waals surface area contributed by atoms with Gasteiger partial charge in [0.1, 0.15) is 6.54 Å². The molecule has 7 nitrogen and oxygen atoms in total. The lowest BCUT2D eigenvalue weighted by atomic mass is 10.1. The first-order valence-corrected chi connectivity index (χ1v) is 5.64. The molecule has 104 valence electrons. The summed E-state index contributed by atoms with van der Waals surface area (Å²) in [5.74, 6) is -2.00. The van der Waals surface area contributed by atoms with Crippen molar-refractivity contribution in [2.75, 3.05) is 13.7 Å². The molecule has 7 heteroatoms. The van der Waals surface area contributed by atoms with E-state index in [4.69, 9.17) is 10.8 Å². The number of carbonyl (C=O) groups excluding carboxylic acids is 2. The SMILES string of the molecule is COC(=O)CN(C(=O)C(N)CCC(=O)O)C(C)C. The third kappa shape index (κ3) is 5.62. The van der Waals surface area contributed by atoms with E-state index in [2.05, 4.69) is 4.74 Å². The van der Waals surface area contributed by atoms with E-state index < -0.39 is 23.9 Å². The molecule has 0 aliphatic carbocycles. The molecule has 0 aromatic carbocycles. The number of nitrogens with two attached hydrogens (primary N) is 1. The number of ether oxygens (including phenoxy) is 1. The zero-order chi connectivity index (χ0) is 14.3. The van der Waals surface area contributed by atoms with E-state index >= 15 is 0 Å². The maximum atomic E-state index is 11.9. The average molecular weight is 260 g/mol. The van der Waals surface area contributed by atoms with Crippen LogP contribution in [0.4, 0.5) is 0 Å². The second kappa shape index (κ2) is 7.65. The topological polar surface area (TPSA) is 110 Å². The van der Waals surface area contributed by atoms with Crippen LogP contribution in [0.25, 0.3) is 0 Å². The number of methoxy groups -OCH3 is 1. The first-order chi connectivity index (χ1) is 8.29. The van der Waals surface area contributed by atoms with Crippen LogP contribution in [0.2, 0.25) is 0 Å². The van der Waals surface area contributed by atoms with Gasteiger partial charge in [-0.05, 0) is 20.3 Å². The van der Waals surface area contributed by atoms with E-state index in [9.17, 15) is 14.4 Å². The number of esters is 1. The third-order valence-electron chi connectivity index (χ3n) is 2.42. The maximum absolute atomic E-state index is 11.9. The molecule has 1 atom stereocenters. The summed E-state index contributed by atoms with van der Waals surface area (Å²) in [6.45, 7) is 3.29. The van der Waals surface area contributed by atoms with E-state index in [0.717, 1.165) is 0 Å². The number of carboxylic acids is 1. The first-order valence-electron chi connectivity index (χ1n) is 5.64. The van der Waals surface area contributed by atoms with Gasteiger partial charge >= 0.3 is 11.9 Å². The molecule has 0 aliphatic heterocycles. The van der Waals surface area contributed by atoms with Gasteiger partial charge in [-0.15, -0.1) is 0 Å². The maximum Gasteiger partial charge on any atom is 0.325 e. The molecule has 1 amide bonds. The molecule has 3 N–H and O–H groups in total. The van der Waals surface area contributed by atoms with Crippen molar-refractivity contribution in [1.29, 1.82) is 0 Å². The first kappa shape index (κ1) is 16.4. The Morgan fingerprint density at radius 1 is 1.33 bits per heavy atom. The molecule has 0 heterocycles. The van der Waals surface area contributed by atoms with Gasteiger partial charge in [-0.3, -0.25) is 14.4 Å². The van der Waals surface area contributed by atoms with Crippen LogP contribution in [0.5, 0.6) is 0 Å². The zero-order valence-electron chi connectivity index (χ0n) is 10.9. The predicted molar refractivity (Wildman–Crippen MR) is 63.7 cm³/mol. The summed E-state index contributed by atoms with van der Waals surface area (Å²) in [6, 6.07) is -1.14. The molecular formula is C11H20N2O5. The zero-order valence-corrected chi connectivity index (χ0v) is 10.9. The standard InChI is InChI=1S/C11H20N2O5/c1-7(2)13(6-10(16)18-3)11(17)8(12)4-5-9(14)15/h7-8H,4-6,12H2,1-3H3,(H,14,15). The number of rotatable bonds is 7. The summed E-state index contributed by atoms with van der Waals surface area (Å²) in [6.07, 6.45) is -0.143. The largest absolute Gasteiger partial charge is 0.481 e. The van der Waals surface area contributed by atoms with Crippen molar-refractivity contribution in [2.24, 2.45) is 5.73 Å². The molecule has 0 aliphatic rings. The summed E-state index contributed by atoms with van der Waals surface area (Å²) in [5.41, 5.74) is 5.61. The van der Waals surface area contributed by atoms with Crippen molar-refractivity contribution in [2.45, 2.75) is 38.8 Å². The summed E-state index contributed by atoms with van der Waals surface area (Å²) in [5, 5.41) is 8.52. The Morgan fingerprint density at radius 2 is 1.89 bits per heavy atom. The van der Waals surface area contributed by atoms with Gasteiger partial charge in [0, 0.05) is 12.5 Å². The average Bonchev–Trinajstić information content (AvgIpc) is 2.31. The lowest BCUT2D eigenvalue weighted by molar-refractivity contribution is -0.149. The van der Waals surface area contributed by atoms with Gasteiger partial charge in [-0.2, -0.15) is 0 Å². The molecule has 0 rings (SSSR count). The molecule has 0 saturated heterocycles. The number of amides is 1. The van der Waals surface area contributed by atoms with E-state index in [1.807, 2.05) is 0 Å². The number of hydrogen-bond acceptors (Lipinski definition) is 5. The second-order valence-electron chi connectivity index (χ2n) is 4.17. The van der Waals surface area contributed by atoms with Gasteiger partial charge in [0.05, 0.1) is 13.2 Å². The van der Waals surface area contributed by atoms with Crippen LogP contribution >= 0.6 is 0 Å². The lowest BCUT2D eigenvalue weighted by Gasteiger charge is -2.28. The Bertz CT molecular complexity index is 317. The van der Waals surface area contributed by atoms with Crippen molar-refractivity contribution in [1.82, 2.24) is 4.90 Å². The van der Waals surface area contributed by atoms with Gasteiger partial charge in [0.2, 0.25) is 5.91 Å². The molecule has 18 heavy (non-hydrogen) atoms. The van der Waals surface area contributed by atoms with Gasteiger partial charge in [0.15, 0.2) is 0 Å². The van der Waals surface area contributed by atoms with E-state index in [-0.39, 0.29) is 25.4 Å². The summed E-state index contributed by atoms with van der Waals surface area (Å²) >= 11 is 0. The molecule has 0 saturated carbocycles. The van der Waals surface area contributed by atoms with Crippen LogP contribution in [-0.4, -0.2) is 53.6 Å². The third-order valence-corrected chi connectivity index (χ3v) is 2.42. The van der Waals surface area contributed by atoms with E-state index in [1.165, 1.54) is 12.0 Å². The fourth-order valence-electron chi connectivity index (χ4n) is 1.33. The Hall–Kier alpha value is -1.63. The second-order valence-corrected chi connectivity index (χ2v) is 4.17. The van der Waals surface area contributed by atoms with Crippen molar-refractivity contribution >= 4 is 17.8 Å². The van der Waals surface area contributed by atoms with Gasteiger partial charge in [0.25, 0.3) is 0 Å². The monoisotopic (exact) mass is 260 g/mol. The van der Waals surface area contributed by atoms with Gasteiger partial charge in [-0.25, -0.2) is 0 Å². The summed E-state index contributed by atoms with van der Waals surface area (Å²) in [7, 11) is 1.23. The molecule has 0 aromatic rings. The van der Waals surface area contributed by atoms with Crippen LogP contribution in [-0.2, 0) is 19.1 Å². The number of aliphatic carboxylic acids is 1. The summed E-state index contributed by atoms with van der Waals surface area (Å²) < 4.78 is 4.49. The normalized spacial score (nSPS) is 12.1. The molecule has 0 bridgehead atoms. The van der Waals surface area contributed by atoms with E-state index in [1.54, 1.807) is 13.8 Å². The Balaban J connectivity index is 4.55. The van der Waals surface area contributed by atoms with Crippen LogP contribution in [0, 0.1) is 0 Å². The molecule has 0 radical (unpaired) electrons. The highest BCUT2D eigenvalue weighted by Crippen LogP contribution is 2.05. The minimum Gasteiger partial charge on any atom is -0.481 e. The highest BCUT2D eigenvalue weighted by Gasteiger charge is 2.25. The molecule has 0 aromatic heterocycles. The minimum absolute atomic E-state index is 0.0402.